The van der Waals surface area contributed by atoms with Gasteiger partial charge in [-0.25, -0.2) is 9.97 Å². The number of halogens is 3. The SMILES string of the molecule is Cc1[c]c(C)nc(C(F)(F)F)n1. The summed E-state index contributed by atoms with van der Waals surface area (Å²) in [7, 11) is 0. The van der Waals surface area contributed by atoms with Crippen molar-refractivity contribution in [3.05, 3.63) is 23.3 Å². The Hall–Kier alpha value is -1.13. The summed E-state index contributed by atoms with van der Waals surface area (Å²) < 4.78 is 36.0. The topological polar surface area (TPSA) is 25.8 Å². The van der Waals surface area contributed by atoms with Crippen LogP contribution in [0.1, 0.15) is 17.2 Å². The third-order valence-electron chi connectivity index (χ3n) is 1.16. The highest BCUT2D eigenvalue weighted by atomic mass is 19.4. The molecule has 1 aromatic heterocycles. The molecule has 65 valence electrons. The van der Waals surface area contributed by atoms with Gasteiger partial charge in [-0.1, -0.05) is 0 Å². The van der Waals surface area contributed by atoms with Gasteiger partial charge in [0.2, 0.25) is 5.82 Å². The maximum atomic E-state index is 12.0. The van der Waals surface area contributed by atoms with E-state index in [1.165, 1.54) is 13.8 Å². The second kappa shape index (κ2) is 2.73. The summed E-state index contributed by atoms with van der Waals surface area (Å²) in [5, 5.41) is 0. The van der Waals surface area contributed by atoms with Crippen molar-refractivity contribution < 1.29 is 13.2 Å². The van der Waals surface area contributed by atoms with Crippen LogP contribution in [0.3, 0.4) is 0 Å². The number of rotatable bonds is 0. The second-order valence-electron chi connectivity index (χ2n) is 2.34. The van der Waals surface area contributed by atoms with Crippen LogP contribution in [0.4, 0.5) is 13.2 Å². The molecule has 0 unspecified atom stereocenters. The van der Waals surface area contributed by atoms with Crippen molar-refractivity contribution in [1.29, 1.82) is 0 Å². The average Bonchev–Trinajstić information content (AvgIpc) is 1.82. The lowest BCUT2D eigenvalue weighted by atomic mass is 10.3. The maximum absolute atomic E-state index is 12.0. The van der Waals surface area contributed by atoms with E-state index in [2.05, 4.69) is 16.0 Å². The van der Waals surface area contributed by atoms with Crippen LogP contribution in [0.25, 0.3) is 0 Å². The highest BCUT2D eigenvalue weighted by Crippen LogP contribution is 2.25. The van der Waals surface area contributed by atoms with Crippen LogP contribution in [-0.2, 0) is 6.18 Å². The fourth-order valence-corrected chi connectivity index (χ4v) is 0.787. The molecule has 1 rings (SSSR count). The number of nitrogens with zero attached hydrogens (tertiary/aromatic N) is 2. The van der Waals surface area contributed by atoms with E-state index < -0.39 is 12.0 Å². The number of hydrogen-bond acceptors (Lipinski definition) is 2. The Morgan fingerprint density at radius 1 is 1.08 bits per heavy atom. The summed E-state index contributed by atoms with van der Waals surface area (Å²) in [6.07, 6.45) is -4.47. The highest BCUT2D eigenvalue weighted by molar-refractivity contribution is 5.07. The van der Waals surface area contributed by atoms with Gasteiger partial charge in [0.1, 0.15) is 0 Å². The van der Waals surface area contributed by atoms with E-state index in [0.29, 0.717) is 0 Å². The van der Waals surface area contributed by atoms with Crippen LogP contribution < -0.4 is 0 Å². The number of aromatic nitrogens is 2. The first-order chi connectivity index (χ1) is 5.39. The third-order valence-corrected chi connectivity index (χ3v) is 1.16. The summed E-state index contributed by atoms with van der Waals surface area (Å²) >= 11 is 0. The van der Waals surface area contributed by atoms with E-state index in [1.54, 1.807) is 0 Å². The van der Waals surface area contributed by atoms with Crippen LogP contribution in [0.5, 0.6) is 0 Å². The molecule has 0 N–H and O–H groups in total. The molecule has 0 aliphatic carbocycles. The molecule has 0 aliphatic heterocycles. The minimum Gasteiger partial charge on any atom is -0.229 e. The number of hydrogen-bond donors (Lipinski definition) is 0. The third kappa shape index (κ3) is 1.93. The van der Waals surface area contributed by atoms with Crippen molar-refractivity contribution in [1.82, 2.24) is 9.97 Å². The molecule has 0 fully saturated rings. The molecule has 0 atom stereocenters. The Bertz CT molecular complexity index is 273. The van der Waals surface area contributed by atoms with Crippen LogP contribution in [0.15, 0.2) is 0 Å². The predicted molar refractivity (Wildman–Crippen MR) is 35.3 cm³/mol. The lowest BCUT2D eigenvalue weighted by Gasteiger charge is -2.05. The van der Waals surface area contributed by atoms with E-state index in [9.17, 15) is 13.2 Å². The summed E-state index contributed by atoms with van der Waals surface area (Å²) in [4.78, 5) is 6.43. The number of aryl methyl sites for hydroxylation is 2. The Balaban J connectivity index is 3.18. The van der Waals surface area contributed by atoms with Crippen molar-refractivity contribution in [2.75, 3.05) is 0 Å². The van der Waals surface area contributed by atoms with Gasteiger partial charge in [-0.3, -0.25) is 0 Å². The smallest absolute Gasteiger partial charge is 0.229 e. The zero-order valence-corrected chi connectivity index (χ0v) is 6.53. The van der Waals surface area contributed by atoms with Gasteiger partial charge in [0.15, 0.2) is 0 Å². The summed E-state index contributed by atoms with van der Waals surface area (Å²) in [6.45, 7) is 2.90. The van der Waals surface area contributed by atoms with Crippen molar-refractivity contribution in [3.8, 4) is 0 Å². The van der Waals surface area contributed by atoms with Crippen molar-refractivity contribution >= 4 is 0 Å². The number of alkyl halides is 3. The lowest BCUT2D eigenvalue weighted by molar-refractivity contribution is -0.145. The molecule has 0 saturated carbocycles. The van der Waals surface area contributed by atoms with Gasteiger partial charge < -0.3 is 0 Å². The molecule has 0 amide bonds. The van der Waals surface area contributed by atoms with Gasteiger partial charge in [0, 0.05) is 17.5 Å². The van der Waals surface area contributed by atoms with E-state index in [0.717, 1.165) is 0 Å². The summed E-state index contributed by atoms with van der Waals surface area (Å²) in [5.74, 6) is -1.10. The Kier molecular flexibility index (Phi) is 2.04. The maximum Gasteiger partial charge on any atom is 0.451 e. The van der Waals surface area contributed by atoms with Crippen molar-refractivity contribution in [2.24, 2.45) is 0 Å². The van der Waals surface area contributed by atoms with Crippen LogP contribution in [0, 0.1) is 19.9 Å². The zero-order chi connectivity index (χ0) is 9.35. The Morgan fingerprint density at radius 3 is 1.83 bits per heavy atom. The molecule has 1 heterocycles. The zero-order valence-electron chi connectivity index (χ0n) is 6.53. The van der Waals surface area contributed by atoms with Crippen LogP contribution in [-0.4, -0.2) is 9.97 Å². The molecule has 12 heavy (non-hydrogen) atoms. The molecule has 1 radical (unpaired) electrons. The molecular formula is C7H6F3N2. The fourth-order valence-electron chi connectivity index (χ4n) is 0.787. The van der Waals surface area contributed by atoms with E-state index in [1.807, 2.05) is 0 Å². The molecule has 2 nitrogen and oxygen atoms in total. The predicted octanol–water partition coefficient (Wildman–Crippen LogP) is 1.91. The monoisotopic (exact) mass is 175 g/mol. The van der Waals surface area contributed by atoms with Crippen LogP contribution >= 0.6 is 0 Å². The van der Waals surface area contributed by atoms with Gasteiger partial charge in [-0.05, 0) is 13.8 Å². The minimum atomic E-state index is -4.47. The Morgan fingerprint density at radius 2 is 1.50 bits per heavy atom. The largest absolute Gasteiger partial charge is 0.451 e. The van der Waals surface area contributed by atoms with E-state index in [-0.39, 0.29) is 11.4 Å². The van der Waals surface area contributed by atoms with Gasteiger partial charge in [-0.15, -0.1) is 0 Å². The van der Waals surface area contributed by atoms with Gasteiger partial charge in [-0.2, -0.15) is 13.2 Å². The van der Waals surface area contributed by atoms with Crippen molar-refractivity contribution in [2.45, 2.75) is 20.0 Å². The second-order valence-corrected chi connectivity index (χ2v) is 2.34. The normalized spacial score (nSPS) is 11.8. The standard InChI is InChI=1S/C7H6F3N2/c1-4-3-5(2)12-6(11-4)7(8,9)10/h1-2H3. The molecule has 0 aliphatic rings. The van der Waals surface area contributed by atoms with E-state index in [4.69, 9.17) is 0 Å². The first-order valence-electron chi connectivity index (χ1n) is 3.21. The molecule has 0 spiro atoms. The molecule has 1 aromatic rings. The summed E-state index contributed by atoms with van der Waals surface area (Å²) in [5.41, 5.74) is 0.407. The van der Waals surface area contributed by atoms with Gasteiger partial charge in [0.05, 0.1) is 0 Å². The lowest BCUT2D eigenvalue weighted by Crippen LogP contribution is -2.12. The van der Waals surface area contributed by atoms with Crippen LogP contribution in [0.2, 0.25) is 0 Å². The van der Waals surface area contributed by atoms with Gasteiger partial charge in [0.25, 0.3) is 0 Å². The first-order valence-corrected chi connectivity index (χ1v) is 3.21. The minimum absolute atomic E-state index is 0.204. The molecule has 0 bridgehead atoms. The molecule has 5 heteroatoms. The molecular weight excluding hydrogens is 169 g/mol. The molecule has 0 saturated heterocycles. The van der Waals surface area contributed by atoms with Gasteiger partial charge >= 0.3 is 6.18 Å². The fraction of sp³-hybridized carbons (Fsp3) is 0.429. The highest BCUT2D eigenvalue weighted by Gasteiger charge is 2.34. The Labute approximate surface area is 67.5 Å². The average molecular weight is 175 g/mol. The first kappa shape index (κ1) is 8.96. The molecule has 0 aromatic carbocycles. The summed E-state index contributed by atoms with van der Waals surface area (Å²) in [6, 6.07) is 2.56. The quantitative estimate of drug-likeness (QED) is 0.601. The van der Waals surface area contributed by atoms with Crippen molar-refractivity contribution in [3.63, 3.8) is 0 Å². The van der Waals surface area contributed by atoms with E-state index >= 15 is 0 Å².